The number of aromatic nitrogens is 1. The number of carbonyl (C=O) groups is 1. The Bertz CT molecular complexity index is 418. The van der Waals surface area contributed by atoms with Crippen LogP contribution in [0.4, 0.5) is 8.78 Å². The lowest BCUT2D eigenvalue weighted by Crippen LogP contribution is -2.10. The van der Waals surface area contributed by atoms with Crippen molar-refractivity contribution in [1.29, 1.82) is 0 Å². The molecule has 0 saturated carbocycles. The van der Waals surface area contributed by atoms with Crippen molar-refractivity contribution in [3.63, 3.8) is 0 Å². The molecule has 1 aromatic rings. The van der Waals surface area contributed by atoms with E-state index in [4.69, 9.17) is 0 Å². The molecule has 3 nitrogen and oxygen atoms in total. The van der Waals surface area contributed by atoms with Crippen molar-refractivity contribution in [3.8, 4) is 0 Å². The first kappa shape index (κ1) is 10.0. The van der Waals surface area contributed by atoms with Gasteiger partial charge in [-0.25, -0.2) is 13.6 Å². The number of ether oxygens (including phenoxy) is 1. The van der Waals surface area contributed by atoms with Gasteiger partial charge in [-0.1, -0.05) is 0 Å². The molecule has 0 radical (unpaired) electrons. The van der Waals surface area contributed by atoms with E-state index < -0.39 is 11.9 Å². The second-order valence-electron chi connectivity index (χ2n) is 3.41. The maximum atomic E-state index is 13.3. The van der Waals surface area contributed by atoms with Gasteiger partial charge in [-0.3, -0.25) is 4.98 Å². The Labute approximate surface area is 85.1 Å². The number of nitrogens with zero attached hydrogens (tertiary/aromatic N) is 1. The topological polar surface area (TPSA) is 39.2 Å². The van der Waals surface area contributed by atoms with Crippen LogP contribution in [-0.4, -0.2) is 18.1 Å². The van der Waals surface area contributed by atoms with Gasteiger partial charge in [-0.05, 0) is 12.5 Å². The minimum absolute atomic E-state index is 0.0674. The number of hydrogen-bond donors (Lipinski definition) is 0. The molecule has 80 valence electrons. The Hall–Kier alpha value is -1.52. The summed E-state index contributed by atoms with van der Waals surface area (Å²) in [6.07, 6.45) is 1.29. The number of alkyl halides is 2. The van der Waals surface area contributed by atoms with E-state index in [1.807, 2.05) is 0 Å². The van der Waals surface area contributed by atoms with E-state index in [2.05, 4.69) is 9.72 Å². The second-order valence-corrected chi connectivity index (χ2v) is 3.41. The summed E-state index contributed by atoms with van der Waals surface area (Å²) in [6.45, 7) is 0. The summed E-state index contributed by atoms with van der Waals surface area (Å²) < 4.78 is 31.0. The standard InChI is InChI=1S/C10H9F2NO2/c1-15-9(14)6-4-7-8(13-5-6)2-3-10(7,11)12/h4-5H,2-3H2,1H3. The van der Waals surface area contributed by atoms with Gasteiger partial charge in [0.05, 0.1) is 12.7 Å². The van der Waals surface area contributed by atoms with E-state index in [1.54, 1.807) is 0 Å². The van der Waals surface area contributed by atoms with Crippen molar-refractivity contribution in [2.24, 2.45) is 0 Å². The van der Waals surface area contributed by atoms with Crippen LogP contribution >= 0.6 is 0 Å². The average Bonchev–Trinajstić information content (AvgIpc) is 2.53. The van der Waals surface area contributed by atoms with E-state index in [0.717, 1.165) is 0 Å². The highest BCUT2D eigenvalue weighted by Gasteiger charge is 2.40. The molecule has 5 heteroatoms. The Morgan fingerprint density at radius 2 is 2.33 bits per heavy atom. The Kier molecular flexibility index (Phi) is 2.17. The summed E-state index contributed by atoms with van der Waals surface area (Å²) in [5.41, 5.74) is 0.288. The van der Waals surface area contributed by atoms with Crippen molar-refractivity contribution in [2.75, 3.05) is 7.11 Å². The van der Waals surface area contributed by atoms with Crippen LogP contribution in [-0.2, 0) is 17.1 Å². The van der Waals surface area contributed by atoms with Gasteiger partial charge < -0.3 is 4.74 Å². The van der Waals surface area contributed by atoms with Gasteiger partial charge in [0.1, 0.15) is 0 Å². The van der Waals surface area contributed by atoms with Gasteiger partial charge >= 0.3 is 5.97 Å². The van der Waals surface area contributed by atoms with Crippen LogP contribution in [0.25, 0.3) is 0 Å². The van der Waals surface area contributed by atoms with Gasteiger partial charge in [-0.15, -0.1) is 0 Å². The molecular weight excluding hydrogens is 204 g/mol. The van der Waals surface area contributed by atoms with E-state index >= 15 is 0 Å². The number of methoxy groups -OCH3 is 1. The van der Waals surface area contributed by atoms with Crippen LogP contribution in [0, 0.1) is 0 Å². The molecule has 0 atom stereocenters. The minimum Gasteiger partial charge on any atom is -0.465 e. The molecule has 2 rings (SSSR count). The van der Waals surface area contributed by atoms with Crippen molar-refractivity contribution >= 4 is 5.97 Å². The fraction of sp³-hybridized carbons (Fsp3) is 0.400. The number of halogens is 2. The molecule has 0 aliphatic heterocycles. The predicted molar refractivity (Wildman–Crippen MR) is 47.8 cm³/mol. The van der Waals surface area contributed by atoms with E-state index in [1.165, 1.54) is 19.4 Å². The van der Waals surface area contributed by atoms with Gasteiger partial charge in [0.2, 0.25) is 0 Å². The summed E-state index contributed by atoms with van der Waals surface area (Å²) >= 11 is 0. The van der Waals surface area contributed by atoms with Crippen LogP contribution in [0.3, 0.4) is 0 Å². The summed E-state index contributed by atoms with van der Waals surface area (Å²) in [5.74, 6) is -3.51. The maximum absolute atomic E-state index is 13.3. The molecule has 1 aliphatic rings. The van der Waals surface area contributed by atoms with Crippen molar-refractivity contribution in [1.82, 2.24) is 4.98 Å². The Balaban J connectivity index is 2.46. The zero-order valence-electron chi connectivity index (χ0n) is 8.09. The van der Waals surface area contributed by atoms with E-state index in [0.29, 0.717) is 5.69 Å². The van der Waals surface area contributed by atoms with Gasteiger partial charge in [0, 0.05) is 23.9 Å². The molecule has 1 aromatic heterocycles. The Morgan fingerprint density at radius 3 is 3.00 bits per heavy atom. The minimum atomic E-state index is -2.87. The molecule has 0 saturated heterocycles. The highest BCUT2D eigenvalue weighted by atomic mass is 19.3. The summed E-state index contributed by atoms with van der Waals surface area (Å²) in [7, 11) is 1.20. The maximum Gasteiger partial charge on any atom is 0.339 e. The molecule has 1 aliphatic carbocycles. The van der Waals surface area contributed by atoms with Crippen LogP contribution in [0.2, 0.25) is 0 Å². The van der Waals surface area contributed by atoms with Gasteiger partial charge in [-0.2, -0.15) is 0 Å². The third kappa shape index (κ3) is 1.58. The summed E-state index contributed by atoms with van der Waals surface area (Å²) in [6, 6.07) is 1.17. The number of pyridine rings is 1. The first-order valence-electron chi connectivity index (χ1n) is 4.50. The zero-order chi connectivity index (χ0) is 11.1. The van der Waals surface area contributed by atoms with E-state index in [9.17, 15) is 13.6 Å². The third-order valence-electron chi connectivity index (χ3n) is 2.46. The van der Waals surface area contributed by atoms with Crippen molar-refractivity contribution in [2.45, 2.75) is 18.8 Å². The molecule has 0 N–H and O–H groups in total. The highest BCUT2D eigenvalue weighted by molar-refractivity contribution is 5.89. The van der Waals surface area contributed by atoms with Crippen LogP contribution in [0.1, 0.15) is 28.0 Å². The predicted octanol–water partition coefficient (Wildman–Crippen LogP) is 1.91. The summed E-state index contributed by atoms with van der Waals surface area (Å²) in [4.78, 5) is 15.0. The number of aryl methyl sites for hydroxylation is 1. The summed E-state index contributed by atoms with van der Waals surface area (Å²) in [5, 5.41) is 0. The number of esters is 1. The largest absolute Gasteiger partial charge is 0.465 e. The first-order valence-corrected chi connectivity index (χ1v) is 4.50. The third-order valence-corrected chi connectivity index (χ3v) is 2.46. The molecule has 15 heavy (non-hydrogen) atoms. The smallest absolute Gasteiger partial charge is 0.339 e. The van der Waals surface area contributed by atoms with Crippen LogP contribution < -0.4 is 0 Å². The monoisotopic (exact) mass is 213 g/mol. The lowest BCUT2D eigenvalue weighted by Gasteiger charge is -2.09. The Morgan fingerprint density at radius 1 is 1.60 bits per heavy atom. The number of hydrogen-bond acceptors (Lipinski definition) is 3. The molecule has 0 aromatic carbocycles. The quantitative estimate of drug-likeness (QED) is 0.669. The zero-order valence-corrected chi connectivity index (χ0v) is 8.09. The lowest BCUT2D eigenvalue weighted by molar-refractivity contribution is -0.00192. The molecule has 0 amide bonds. The fourth-order valence-corrected chi connectivity index (χ4v) is 1.65. The molecule has 0 fully saturated rings. The van der Waals surface area contributed by atoms with Crippen LogP contribution in [0.15, 0.2) is 12.3 Å². The molecule has 1 heterocycles. The molecular formula is C10H9F2NO2. The SMILES string of the molecule is COC(=O)c1cnc2c(c1)C(F)(F)CC2. The first-order chi connectivity index (χ1) is 7.04. The molecule has 0 bridgehead atoms. The normalized spacial score (nSPS) is 17.3. The van der Waals surface area contributed by atoms with Crippen molar-refractivity contribution < 1.29 is 18.3 Å². The number of carbonyl (C=O) groups excluding carboxylic acids is 1. The van der Waals surface area contributed by atoms with Crippen molar-refractivity contribution in [3.05, 3.63) is 29.1 Å². The molecule has 0 unspecified atom stereocenters. The second kappa shape index (κ2) is 3.25. The van der Waals surface area contributed by atoms with Crippen LogP contribution in [0.5, 0.6) is 0 Å². The number of rotatable bonds is 1. The fourth-order valence-electron chi connectivity index (χ4n) is 1.65. The van der Waals surface area contributed by atoms with Gasteiger partial charge in [0.15, 0.2) is 0 Å². The number of fused-ring (bicyclic) bond motifs is 1. The molecule has 0 spiro atoms. The van der Waals surface area contributed by atoms with E-state index in [-0.39, 0.29) is 24.0 Å². The van der Waals surface area contributed by atoms with Gasteiger partial charge in [0.25, 0.3) is 5.92 Å². The average molecular weight is 213 g/mol. The highest BCUT2D eigenvalue weighted by Crippen LogP contribution is 2.40. The lowest BCUT2D eigenvalue weighted by atomic mass is 10.1.